The lowest BCUT2D eigenvalue weighted by Gasteiger charge is -2.23. The molecule has 0 aliphatic carbocycles. The second-order valence-corrected chi connectivity index (χ2v) is 8.56. The molecule has 0 radical (unpaired) electrons. The van der Waals surface area contributed by atoms with Crippen molar-refractivity contribution in [3.05, 3.63) is 59.8 Å². The number of nitrogens with one attached hydrogen (secondary N) is 1. The number of para-hydroxylation sites is 1. The number of hydrogen-bond acceptors (Lipinski definition) is 3. The zero-order valence-electron chi connectivity index (χ0n) is 17.9. The van der Waals surface area contributed by atoms with Gasteiger partial charge in [-0.05, 0) is 63.4 Å². The Morgan fingerprint density at radius 1 is 1.00 bits per heavy atom. The van der Waals surface area contributed by atoms with Gasteiger partial charge in [-0.15, -0.1) is 0 Å². The summed E-state index contributed by atoms with van der Waals surface area (Å²) in [5.41, 5.74) is 3.58. The molecule has 1 aliphatic heterocycles. The Bertz CT molecular complexity index is 1250. The van der Waals surface area contributed by atoms with Gasteiger partial charge in [0.25, 0.3) is 0 Å². The van der Waals surface area contributed by atoms with E-state index in [2.05, 4.69) is 9.88 Å². The number of benzene rings is 2. The average molecular weight is 438 g/mol. The molecule has 1 N–H and O–H groups in total. The molecule has 2 aromatic heterocycles. The summed E-state index contributed by atoms with van der Waals surface area (Å²) >= 11 is 0. The van der Waals surface area contributed by atoms with E-state index in [0.29, 0.717) is 17.3 Å². The lowest BCUT2D eigenvalue weighted by Crippen LogP contribution is -2.28. The number of halogens is 3. The standard InChI is InChI=1S/C25H25F3N4/c1-16-22-23(20-4-2-3-5-21(20)30-16)32(15-12-17-10-13-29-14-11-17)24(31-22)18-6-8-19(9-7-18)25(26,27)28/h2-9,17,29H,10-15H2,1H3. The van der Waals surface area contributed by atoms with Crippen LogP contribution >= 0.6 is 0 Å². The van der Waals surface area contributed by atoms with Crippen LogP contribution in [0.15, 0.2) is 48.5 Å². The minimum atomic E-state index is -4.36. The Morgan fingerprint density at radius 2 is 1.72 bits per heavy atom. The van der Waals surface area contributed by atoms with Crippen molar-refractivity contribution < 1.29 is 13.2 Å². The second-order valence-electron chi connectivity index (χ2n) is 8.56. The first-order valence-corrected chi connectivity index (χ1v) is 11.1. The minimum absolute atomic E-state index is 0.628. The predicted octanol–water partition coefficient (Wildman–Crippen LogP) is 5.97. The van der Waals surface area contributed by atoms with E-state index in [-0.39, 0.29) is 0 Å². The first-order valence-electron chi connectivity index (χ1n) is 11.1. The lowest BCUT2D eigenvalue weighted by atomic mass is 9.94. The highest BCUT2D eigenvalue weighted by Crippen LogP contribution is 2.34. The van der Waals surface area contributed by atoms with Crippen molar-refractivity contribution in [3.63, 3.8) is 0 Å². The largest absolute Gasteiger partial charge is 0.416 e. The zero-order valence-corrected chi connectivity index (χ0v) is 17.9. The van der Waals surface area contributed by atoms with Gasteiger partial charge in [0.2, 0.25) is 0 Å². The van der Waals surface area contributed by atoms with E-state index in [0.717, 1.165) is 78.7 Å². The molecule has 3 heterocycles. The fourth-order valence-electron chi connectivity index (χ4n) is 4.71. The van der Waals surface area contributed by atoms with Crippen molar-refractivity contribution in [2.45, 2.75) is 38.9 Å². The lowest BCUT2D eigenvalue weighted by molar-refractivity contribution is -0.137. The maximum Gasteiger partial charge on any atom is 0.416 e. The van der Waals surface area contributed by atoms with Crippen LogP contribution in [0.4, 0.5) is 13.2 Å². The normalized spacial score (nSPS) is 15.6. The molecule has 1 fully saturated rings. The van der Waals surface area contributed by atoms with Crippen molar-refractivity contribution in [3.8, 4) is 11.4 Å². The third-order valence-electron chi connectivity index (χ3n) is 6.45. The fourth-order valence-corrected chi connectivity index (χ4v) is 4.71. The van der Waals surface area contributed by atoms with Gasteiger partial charge in [-0.2, -0.15) is 13.2 Å². The van der Waals surface area contributed by atoms with E-state index in [4.69, 9.17) is 9.97 Å². The Hall–Kier alpha value is -2.93. The highest BCUT2D eigenvalue weighted by Gasteiger charge is 2.30. The van der Waals surface area contributed by atoms with Crippen LogP contribution in [-0.2, 0) is 12.7 Å². The highest BCUT2D eigenvalue weighted by molar-refractivity contribution is 6.04. The Balaban J connectivity index is 1.65. The molecule has 32 heavy (non-hydrogen) atoms. The van der Waals surface area contributed by atoms with Gasteiger partial charge in [-0.1, -0.05) is 30.3 Å². The van der Waals surface area contributed by atoms with Gasteiger partial charge in [-0.25, -0.2) is 4.98 Å². The average Bonchev–Trinajstić information content (AvgIpc) is 3.18. The monoisotopic (exact) mass is 438 g/mol. The summed E-state index contributed by atoms with van der Waals surface area (Å²) in [5, 5.41) is 4.42. The molecule has 5 rings (SSSR count). The molecule has 4 nitrogen and oxygen atoms in total. The highest BCUT2D eigenvalue weighted by atomic mass is 19.4. The Labute approximate surface area is 184 Å². The molecule has 0 atom stereocenters. The molecule has 0 saturated carbocycles. The maximum absolute atomic E-state index is 13.1. The number of pyridine rings is 1. The quantitative estimate of drug-likeness (QED) is 0.427. The first kappa shape index (κ1) is 20.9. The van der Waals surface area contributed by atoms with E-state index < -0.39 is 11.7 Å². The molecule has 0 spiro atoms. The number of nitrogens with zero attached hydrogens (tertiary/aromatic N) is 3. The van der Waals surface area contributed by atoms with Crippen LogP contribution in [0.25, 0.3) is 33.3 Å². The van der Waals surface area contributed by atoms with Crippen LogP contribution in [0.2, 0.25) is 0 Å². The summed E-state index contributed by atoms with van der Waals surface area (Å²) < 4.78 is 41.5. The summed E-state index contributed by atoms with van der Waals surface area (Å²) in [6, 6.07) is 13.3. The number of fused-ring (bicyclic) bond motifs is 3. The number of rotatable bonds is 4. The minimum Gasteiger partial charge on any atom is -0.323 e. The molecule has 4 aromatic rings. The van der Waals surface area contributed by atoms with Crippen LogP contribution in [-0.4, -0.2) is 27.6 Å². The zero-order chi connectivity index (χ0) is 22.3. The third-order valence-corrected chi connectivity index (χ3v) is 6.45. The second kappa shape index (κ2) is 8.20. The van der Waals surface area contributed by atoms with Gasteiger partial charge in [-0.3, -0.25) is 4.98 Å². The summed E-state index contributed by atoms with van der Waals surface area (Å²) in [6.45, 7) is 4.78. The van der Waals surface area contributed by atoms with E-state index in [1.54, 1.807) is 0 Å². The maximum atomic E-state index is 13.1. The first-order chi connectivity index (χ1) is 15.4. The van der Waals surface area contributed by atoms with Crippen LogP contribution in [0.5, 0.6) is 0 Å². The van der Waals surface area contributed by atoms with Crippen molar-refractivity contribution in [1.29, 1.82) is 0 Å². The molecule has 0 unspecified atom stereocenters. The number of piperidine rings is 1. The van der Waals surface area contributed by atoms with E-state index in [1.165, 1.54) is 12.1 Å². The topological polar surface area (TPSA) is 42.7 Å². The molecule has 166 valence electrons. The van der Waals surface area contributed by atoms with E-state index in [1.807, 2.05) is 31.2 Å². The van der Waals surface area contributed by atoms with Crippen molar-refractivity contribution in [2.24, 2.45) is 5.92 Å². The molecule has 1 aliphatic rings. The van der Waals surface area contributed by atoms with Crippen LogP contribution in [0.1, 0.15) is 30.5 Å². The van der Waals surface area contributed by atoms with Crippen molar-refractivity contribution in [2.75, 3.05) is 13.1 Å². The van der Waals surface area contributed by atoms with Crippen LogP contribution < -0.4 is 5.32 Å². The van der Waals surface area contributed by atoms with E-state index >= 15 is 0 Å². The van der Waals surface area contributed by atoms with Gasteiger partial charge in [0.15, 0.2) is 0 Å². The summed E-state index contributed by atoms with van der Waals surface area (Å²) in [6.07, 6.45) is -1.06. The molecule has 7 heteroatoms. The van der Waals surface area contributed by atoms with Gasteiger partial charge < -0.3 is 9.88 Å². The number of aromatic nitrogens is 3. The smallest absolute Gasteiger partial charge is 0.323 e. The number of aryl methyl sites for hydroxylation is 2. The molecule has 0 amide bonds. The van der Waals surface area contributed by atoms with E-state index in [9.17, 15) is 13.2 Å². The fraction of sp³-hybridized carbons (Fsp3) is 0.360. The van der Waals surface area contributed by atoms with Gasteiger partial charge >= 0.3 is 6.18 Å². The molecule has 0 bridgehead atoms. The summed E-state index contributed by atoms with van der Waals surface area (Å²) in [7, 11) is 0. The predicted molar refractivity (Wildman–Crippen MR) is 120 cm³/mol. The third kappa shape index (κ3) is 3.86. The molecule has 1 saturated heterocycles. The molecular formula is C25H25F3N4. The number of imidazole rings is 1. The van der Waals surface area contributed by atoms with Crippen LogP contribution in [0.3, 0.4) is 0 Å². The van der Waals surface area contributed by atoms with Gasteiger partial charge in [0.1, 0.15) is 11.3 Å². The number of hydrogen-bond donors (Lipinski definition) is 1. The van der Waals surface area contributed by atoms with Crippen molar-refractivity contribution in [1.82, 2.24) is 19.9 Å². The SMILES string of the molecule is Cc1nc2ccccc2c2c1nc(-c1ccc(C(F)(F)F)cc1)n2CCC1CCNCC1. The molecular weight excluding hydrogens is 413 g/mol. The molecule has 2 aromatic carbocycles. The van der Waals surface area contributed by atoms with Crippen LogP contribution in [0, 0.1) is 12.8 Å². The summed E-state index contributed by atoms with van der Waals surface area (Å²) in [4.78, 5) is 9.61. The number of alkyl halides is 3. The Morgan fingerprint density at radius 3 is 2.44 bits per heavy atom. The van der Waals surface area contributed by atoms with Gasteiger partial charge in [0.05, 0.1) is 22.3 Å². The van der Waals surface area contributed by atoms with Gasteiger partial charge in [0, 0.05) is 17.5 Å². The Kier molecular flexibility index (Phi) is 5.37. The summed E-state index contributed by atoms with van der Waals surface area (Å²) in [5.74, 6) is 1.33. The van der Waals surface area contributed by atoms with Crippen molar-refractivity contribution >= 4 is 21.9 Å².